The molecule has 0 fully saturated rings. The number of carboxylic acids is 1. The van der Waals surface area contributed by atoms with E-state index in [-0.39, 0.29) is 23.8 Å². The van der Waals surface area contributed by atoms with Crippen LogP contribution in [0.1, 0.15) is 20.7 Å². The summed E-state index contributed by atoms with van der Waals surface area (Å²) in [6.45, 7) is 0.0991. The van der Waals surface area contributed by atoms with Crippen molar-refractivity contribution in [2.45, 2.75) is 0 Å². The van der Waals surface area contributed by atoms with Crippen LogP contribution in [0, 0.1) is 0 Å². The van der Waals surface area contributed by atoms with Crippen LogP contribution in [0.4, 0.5) is 5.69 Å². The van der Waals surface area contributed by atoms with Gasteiger partial charge in [0.25, 0.3) is 5.91 Å². The predicted molar refractivity (Wildman–Crippen MR) is 75.6 cm³/mol. The number of aromatic carboxylic acids is 1. The standard InChI is InChI=1S/C15H11NO6/c17-11-3-1-9(15(19)20)5-10(11)16-14(18)8-2-4-12-13(6-8)22-7-21-12/h1-6,17H,7H2,(H,16,18)(H,19,20). The zero-order chi connectivity index (χ0) is 15.7. The van der Waals surface area contributed by atoms with E-state index in [4.69, 9.17) is 14.6 Å². The maximum atomic E-state index is 12.2. The van der Waals surface area contributed by atoms with Gasteiger partial charge in [-0.1, -0.05) is 0 Å². The molecular weight excluding hydrogens is 290 g/mol. The van der Waals surface area contributed by atoms with Gasteiger partial charge in [0.15, 0.2) is 11.5 Å². The number of ether oxygens (including phenoxy) is 2. The lowest BCUT2D eigenvalue weighted by Gasteiger charge is -2.08. The van der Waals surface area contributed by atoms with E-state index in [0.29, 0.717) is 17.1 Å². The minimum Gasteiger partial charge on any atom is -0.506 e. The van der Waals surface area contributed by atoms with E-state index in [0.717, 1.165) is 0 Å². The number of anilines is 1. The monoisotopic (exact) mass is 301 g/mol. The van der Waals surface area contributed by atoms with Crippen molar-refractivity contribution in [1.29, 1.82) is 0 Å². The molecule has 0 unspecified atom stereocenters. The Morgan fingerprint density at radius 3 is 2.50 bits per heavy atom. The molecule has 0 bridgehead atoms. The molecule has 1 amide bonds. The molecule has 0 aromatic heterocycles. The molecular formula is C15H11NO6. The van der Waals surface area contributed by atoms with Gasteiger partial charge in [-0.2, -0.15) is 0 Å². The number of nitrogens with one attached hydrogen (secondary N) is 1. The molecule has 7 heteroatoms. The Balaban J connectivity index is 1.85. The zero-order valence-electron chi connectivity index (χ0n) is 11.2. The summed E-state index contributed by atoms with van der Waals surface area (Å²) in [5.74, 6) is -0.878. The quantitative estimate of drug-likeness (QED) is 0.750. The first-order chi connectivity index (χ1) is 10.5. The highest BCUT2D eigenvalue weighted by Gasteiger charge is 2.17. The molecule has 0 saturated heterocycles. The zero-order valence-corrected chi connectivity index (χ0v) is 11.2. The summed E-state index contributed by atoms with van der Waals surface area (Å²) in [5.41, 5.74) is 0.269. The Labute approximate surface area is 124 Å². The van der Waals surface area contributed by atoms with Crippen molar-refractivity contribution in [3.8, 4) is 17.2 Å². The van der Waals surface area contributed by atoms with Crippen LogP contribution >= 0.6 is 0 Å². The van der Waals surface area contributed by atoms with E-state index < -0.39 is 11.9 Å². The Kier molecular flexibility index (Phi) is 3.30. The Morgan fingerprint density at radius 2 is 1.73 bits per heavy atom. The summed E-state index contributed by atoms with van der Waals surface area (Å²) >= 11 is 0. The second-order valence-corrected chi connectivity index (χ2v) is 4.56. The minimum atomic E-state index is -1.15. The van der Waals surface area contributed by atoms with Crippen molar-refractivity contribution < 1.29 is 29.3 Å². The third-order valence-electron chi connectivity index (χ3n) is 3.13. The molecule has 22 heavy (non-hydrogen) atoms. The van der Waals surface area contributed by atoms with Gasteiger partial charge in [0, 0.05) is 5.56 Å². The molecule has 112 valence electrons. The first-order valence-electron chi connectivity index (χ1n) is 6.32. The molecule has 3 N–H and O–H groups in total. The number of fused-ring (bicyclic) bond motifs is 1. The van der Waals surface area contributed by atoms with Gasteiger partial charge in [-0.05, 0) is 36.4 Å². The molecule has 2 aromatic rings. The summed E-state index contributed by atoms with van der Waals surface area (Å²) in [4.78, 5) is 23.1. The van der Waals surface area contributed by atoms with Crippen LogP contribution in [0.25, 0.3) is 0 Å². The van der Waals surface area contributed by atoms with E-state index in [1.807, 2.05) is 0 Å². The maximum absolute atomic E-state index is 12.2. The molecule has 2 aromatic carbocycles. The van der Waals surface area contributed by atoms with Crippen LogP contribution in [-0.4, -0.2) is 28.9 Å². The number of hydrogen-bond acceptors (Lipinski definition) is 5. The smallest absolute Gasteiger partial charge is 0.335 e. The highest BCUT2D eigenvalue weighted by Crippen LogP contribution is 2.33. The minimum absolute atomic E-state index is 0.0163. The number of carbonyl (C=O) groups is 2. The number of carbonyl (C=O) groups excluding carboxylic acids is 1. The molecule has 1 aliphatic heterocycles. The van der Waals surface area contributed by atoms with Gasteiger partial charge in [0.1, 0.15) is 5.75 Å². The second-order valence-electron chi connectivity index (χ2n) is 4.56. The molecule has 1 aliphatic rings. The molecule has 0 radical (unpaired) electrons. The van der Waals surface area contributed by atoms with Gasteiger partial charge in [-0.3, -0.25) is 4.79 Å². The van der Waals surface area contributed by atoms with Crippen molar-refractivity contribution >= 4 is 17.6 Å². The van der Waals surface area contributed by atoms with E-state index in [9.17, 15) is 14.7 Å². The fourth-order valence-corrected chi connectivity index (χ4v) is 2.00. The summed E-state index contributed by atoms with van der Waals surface area (Å²) in [5, 5.41) is 21.1. The number of phenolic OH excluding ortho intramolecular Hbond substituents is 1. The van der Waals surface area contributed by atoms with Gasteiger partial charge >= 0.3 is 5.97 Å². The number of amides is 1. The second kappa shape index (κ2) is 5.28. The van der Waals surface area contributed by atoms with E-state index >= 15 is 0 Å². The van der Waals surface area contributed by atoms with Crippen molar-refractivity contribution in [2.24, 2.45) is 0 Å². The lowest BCUT2D eigenvalue weighted by atomic mass is 10.1. The van der Waals surface area contributed by atoms with Crippen LogP contribution in [-0.2, 0) is 0 Å². The fraction of sp³-hybridized carbons (Fsp3) is 0.0667. The van der Waals surface area contributed by atoms with Crippen molar-refractivity contribution in [3.05, 3.63) is 47.5 Å². The SMILES string of the molecule is O=C(O)c1ccc(O)c(NC(=O)c2ccc3c(c2)OCO3)c1. The lowest BCUT2D eigenvalue weighted by Crippen LogP contribution is -2.12. The largest absolute Gasteiger partial charge is 0.506 e. The molecule has 0 atom stereocenters. The van der Waals surface area contributed by atoms with E-state index in [1.54, 1.807) is 12.1 Å². The van der Waals surface area contributed by atoms with Crippen LogP contribution in [0.2, 0.25) is 0 Å². The third kappa shape index (κ3) is 2.51. The molecule has 0 aliphatic carbocycles. The van der Waals surface area contributed by atoms with E-state index in [1.165, 1.54) is 24.3 Å². The van der Waals surface area contributed by atoms with Crippen molar-refractivity contribution in [3.63, 3.8) is 0 Å². The predicted octanol–water partition coefficient (Wildman–Crippen LogP) is 2.07. The summed E-state index contributed by atoms with van der Waals surface area (Å²) in [6.07, 6.45) is 0. The number of carboxylic acid groups (broad SMARTS) is 1. The van der Waals surface area contributed by atoms with Gasteiger partial charge in [0.2, 0.25) is 6.79 Å². The summed E-state index contributed by atoms with van der Waals surface area (Å²) in [7, 11) is 0. The van der Waals surface area contributed by atoms with E-state index in [2.05, 4.69) is 5.32 Å². The Morgan fingerprint density at radius 1 is 1.00 bits per heavy atom. The normalized spacial score (nSPS) is 12.0. The topological polar surface area (TPSA) is 105 Å². The molecule has 1 heterocycles. The lowest BCUT2D eigenvalue weighted by molar-refractivity contribution is 0.0696. The van der Waals surface area contributed by atoms with Crippen molar-refractivity contribution in [2.75, 3.05) is 12.1 Å². The number of rotatable bonds is 3. The maximum Gasteiger partial charge on any atom is 0.335 e. The van der Waals surface area contributed by atoms with Crippen LogP contribution in [0.3, 0.4) is 0 Å². The number of phenols is 1. The average molecular weight is 301 g/mol. The van der Waals surface area contributed by atoms with Crippen LogP contribution in [0.15, 0.2) is 36.4 Å². The highest BCUT2D eigenvalue weighted by molar-refractivity contribution is 6.06. The third-order valence-corrected chi connectivity index (χ3v) is 3.13. The molecule has 0 saturated carbocycles. The molecule has 7 nitrogen and oxygen atoms in total. The molecule has 3 rings (SSSR count). The fourth-order valence-electron chi connectivity index (χ4n) is 2.00. The highest BCUT2D eigenvalue weighted by atomic mass is 16.7. The first-order valence-corrected chi connectivity index (χ1v) is 6.32. The Bertz CT molecular complexity index is 771. The summed E-state index contributed by atoms with van der Waals surface area (Å²) in [6, 6.07) is 8.29. The van der Waals surface area contributed by atoms with Gasteiger partial charge in [-0.25, -0.2) is 4.79 Å². The van der Waals surface area contributed by atoms with Crippen LogP contribution < -0.4 is 14.8 Å². The number of benzene rings is 2. The van der Waals surface area contributed by atoms with Gasteiger partial charge in [-0.15, -0.1) is 0 Å². The van der Waals surface area contributed by atoms with Crippen LogP contribution in [0.5, 0.6) is 17.2 Å². The van der Waals surface area contributed by atoms with Gasteiger partial charge < -0.3 is 25.0 Å². The molecule has 0 spiro atoms. The summed E-state index contributed by atoms with van der Waals surface area (Å²) < 4.78 is 10.3. The van der Waals surface area contributed by atoms with Gasteiger partial charge in [0.05, 0.1) is 11.3 Å². The Hall–Kier alpha value is -3.22. The number of hydrogen-bond donors (Lipinski definition) is 3. The first kappa shape index (κ1) is 13.7. The number of aromatic hydroxyl groups is 1. The average Bonchev–Trinajstić information content (AvgIpc) is 2.96. The van der Waals surface area contributed by atoms with Crippen molar-refractivity contribution in [1.82, 2.24) is 0 Å².